The fourth-order valence-corrected chi connectivity index (χ4v) is 8.87. The summed E-state index contributed by atoms with van der Waals surface area (Å²) in [4.78, 5) is 69.7. The molecular weight excluding hydrogens is 738 g/mol. The molecule has 300 valence electrons. The molecule has 2 aliphatic heterocycles. The number of benzene rings is 2. The molecule has 2 heterocycles. The van der Waals surface area contributed by atoms with Gasteiger partial charge in [-0.25, -0.2) is 4.79 Å². The Morgan fingerprint density at radius 3 is 2.25 bits per heavy atom. The fourth-order valence-electron chi connectivity index (χ4n) is 8.87. The third kappa shape index (κ3) is 5.40. The summed E-state index contributed by atoms with van der Waals surface area (Å²) in [6.45, 7) is 6.41. The number of carbonyl (C=O) groups is 5. The molecule has 2 aromatic carbocycles. The molecule has 0 saturated carbocycles. The second-order valence-corrected chi connectivity index (χ2v) is 15.1. The molecule has 1 unspecified atom stereocenters. The van der Waals surface area contributed by atoms with Crippen LogP contribution >= 0.6 is 0 Å². The van der Waals surface area contributed by atoms with Gasteiger partial charge in [0.2, 0.25) is 17.3 Å². The average molecular weight is 782 g/mol. The monoisotopic (exact) mass is 781 g/mol. The number of hydrogen-bond donors (Lipinski definition) is 7. The van der Waals surface area contributed by atoms with Crippen molar-refractivity contribution in [3.8, 4) is 11.5 Å². The van der Waals surface area contributed by atoms with Crippen molar-refractivity contribution < 1.29 is 78.3 Å². The normalized spacial score (nSPS) is 35.2. The number of fused-ring (bicyclic) bond motifs is 5. The number of nitrogens with one attached hydrogen (secondary N) is 1. The van der Waals surface area contributed by atoms with Crippen LogP contribution in [-0.2, 0) is 35.7 Å². The summed E-state index contributed by atoms with van der Waals surface area (Å²) in [5, 5.41) is 71.1. The number of Topliss-reactive ketones (excluding diaryl/α,β-unsaturated/α-hetero) is 3. The van der Waals surface area contributed by atoms with E-state index in [9.17, 15) is 54.6 Å². The van der Waals surface area contributed by atoms with E-state index in [4.69, 9.17) is 23.7 Å². The van der Waals surface area contributed by atoms with Gasteiger partial charge in [-0.05, 0) is 44.4 Å². The fraction of sp³-hybridized carbons (Fsp3) is 0.513. The molecule has 2 aromatic rings. The minimum absolute atomic E-state index is 0.00642. The summed E-state index contributed by atoms with van der Waals surface area (Å²) in [6, 6.07) is 2.19. The van der Waals surface area contributed by atoms with Crippen LogP contribution in [0.4, 0.5) is 0 Å². The van der Waals surface area contributed by atoms with Gasteiger partial charge in [-0.1, -0.05) is 13.0 Å². The Bertz CT molecular complexity index is 2110. The summed E-state index contributed by atoms with van der Waals surface area (Å²) in [6.07, 6.45) is -6.41. The zero-order valence-corrected chi connectivity index (χ0v) is 31.3. The minimum atomic E-state index is -3.24. The standard InChI is InChI=1S/C39H43NO16/c1-13-9-17-10-23(43)39(53-6)35(49)27-19(34(48)38(39,51)28(17)32(47)25(13)37(50)52-5)11-18-26(31(27)46)22(42)12-20(30(18)45)40-36-14(2)29(44)33(16(4)55-36)56-24-8-7-21(41)15(3)54-24/h9,11-12,14-16,21,23-24,29,33,36,40-41,43-44,46-47,51H,7-8,10H2,1-6H3/t14-,15+,16+,21+,23-,24-,29+,33+,36?,38+,39-/m1/s1. The Balaban J connectivity index is 1.25. The highest BCUT2D eigenvalue weighted by atomic mass is 16.7. The smallest absolute Gasteiger partial charge is 0.341 e. The van der Waals surface area contributed by atoms with Gasteiger partial charge in [0.1, 0.15) is 29.4 Å². The Labute approximate surface area is 319 Å². The van der Waals surface area contributed by atoms with Crippen molar-refractivity contribution in [1.29, 1.82) is 0 Å². The van der Waals surface area contributed by atoms with Gasteiger partial charge in [-0.3, -0.25) is 19.2 Å². The predicted octanol–water partition coefficient (Wildman–Crippen LogP) is 0.627. The van der Waals surface area contributed by atoms with Crippen LogP contribution in [-0.4, -0.2) is 129 Å². The number of esters is 1. The molecule has 5 aliphatic rings. The average Bonchev–Trinajstić information content (AvgIpc) is 3.14. The van der Waals surface area contributed by atoms with E-state index >= 15 is 0 Å². The van der Waals surface area contributed by atoms with Crippen LogP contribution < -0.4 is 5.32 Å². The summed E-state index contributed by atoms with van der Waals surface area (Å²) in [5.41, 5.74) is -10.1. The van der Waals surface area contributed by atoms with Gasteiger partial charge in [-0.2, -0.15) is 0 Å². The van der Waals surface area contributed by atoms with Crippen LogP contribution in [0.25, 0.3) is 0 Å². The number of aliphatic hydroxyl groups excluding tert-OH is 3. The highest BCUT2D eigenvalue weighted by Gasteiger charge is 2.72. The highest BCUT2D eigenvalue weighted by molar-refractivity contribution is 6.31. The maximum atomic E-state index is 14.7. The van der Waals surface area contributed by atoms with Crippen molar-refractivity contribution in [2.24, 2.45) is 5.92 Å². The summed E-state index contributed by atoms with van der Waals surface area (Å²) in [7, 11) is 1.96. The second-order valence-electron chi connectivity index (χ2n) is 15.1. The number of aromatic hydroxyl groups is 2. The summed E-state index contributed by atoms with van der Waals surface area (Å²) >= 11 is 0. The van der Waals surface area contributed by atoms with E-state index in [0.29, 0.717) is 12.8 Å². The van der Waals surface area contributed by atoms with Gasteiger partial charge in [0.25, 0.3) is 0 Å². The predicted molar refractivity (Wildman–Crippen MR) is 188 cm³/mol. The maximum Gasteiger partial charge on any atom is 0.341 e. The van der Waals surface area contributed by atoms with Gasteiger partial charge in [0, 0.05) is 48.6 Å². The van der Waals surface area contributed by atoms with Crippen molar-refractivity contribution in [3.05, 3.63) is 68.4 Å². The number of aliphatic hydroxyl groups is 4. The van der Waals surface area contributed by atoms with Gasteiger partial charge in [0.05, 0.1) is 54.5 Å². The number of phenolic OH excluding ortho intramolecular Hbond substituents is 2. The number of allylic oxidation sites excluding steroid dienone is 2. The molecule has 11 atom stereocenters. The molecule has 0 radical (unpaired) electrons. The van der Waals surface area contributed by atoms with Gasteiger partial charge >= 0.3 is 5.97 Å². The first-order valence-electron chi connectivity index (χ1n) is 18.1. The van der Waals surface area contributed by atoms with Crippen LogP contribution in [0.5, 0.6) is 11.5 Å². The number of phenols is 2. The van der Waals surface area contributed by atoms with E-state index in [1.807, 2.05) is 0 Å². The molecule has 0 aromatic heterocycles. The van der Waals surface area contributed by atoms with E-state index in [-0.39, 0.29) is 16.8 Å². The molecule has 56 heavy (non-hydrogen) atoms. The number of aryl methyl sites for hydroxylation is 1. The minimum Gasteiger partial charge on any atom is -0.507 e. The number of ether oxygens (including phenoxy) is 5. The largest absolute Gasteiger partial charge is 0.507 e. The van der Waals surface area contributed by atoms with Crippen LogP contribution in [0.1, 0.15) is 102 Å². The SMILES string of the molecule is COC(=O)c1c(C)cc2c(c1O)[C@]1(O)C(=O)c3cc4c(c(O)c3C(=O)[C@]1(OC)[C@H](O)C2)C(=O)C=C(NC1O[C@@H](C)[C@H](O[C@@H]2CC[C@H](O)[C@H](C)O2)[C@@H](O)[C@H]1C)C4=O. The van der Waals surface area contributed by atoms with E-state index in [0.717, 1.165) is 26.4 Å². The van der Waals surface area contributed by atoms with Crippen molar-refractivity contribution in [1.82, 2.24) is 5.32 Å². The number of carbonyl (C=O) groups excluding carboxylic acids is 5. The van der Waals surface area contributed by atoms with E-state index in [1.54, 1.807) is 20.8 Å². The van der Waals surface area contributed by atoms with Crippen molar-refractivity contribution in [3.63, 3.8) is 0 Å². The first kappa shape index (κ1) is 39.6. The Morgan fingerprint density at radius 1 is 0.911 bits per heavy atom. The van der Waals surface area contributed by atoms with E-state index < -0.39 is 147 Å². The van der Waals surface area contributed by atoms with Crippen molar-refractivity contribution in [2.75, 3.05) is 14.2 Å². The lowest BCUT2D eigenvalue weighted by Crippen LogP contribution is -2.73. The molecule has 2 fully saturated rings. The molecule has 2 saturated heterocycles. The third-order valence-corrected chi connectivity index (χ3v) is 11.9. The molecule has 3 aliphatic carbocycles. The first-order valence-corrected chi connectivity index (χ1v) is 18.1. The molecule has 0 amide bonds. The zero-order chi connectivity index (χ0) is 40.9. The second kappa shape index (κ2) is 13.8. The van der Waals surface area contributed by atoms with Gasteiger partial charge in [-0.15, -0.1) is 0 Å². The molecule has 0 bridgehead atoms. The molecule has 0 spiro atoms. The summed E-state index contributed by atoms with van der Waals surface area (Å²) in [5.74, 6) is -8.39. The highest BCUT2D eigenvalue weighted by Crippen LogP contribution is 2.56. The third-order valence-electron chi connectivity index (χ3n) is 11.9. The van der Waals surface area contributed by atoms with Gasteiger partial charge < -0.3 is 59.6 Å². The lowest BCUT2D eigenvalue weighted by Gasteiger charge is -2.52. The van der Waals surface area contributed by atoms with Crippen molar-refractivity contribution in [2.45, 2.75) is 107 Å². The molecule has 7 N–H and O–H groups in total. The van der Waals surface area contributed by atoms with Crippen LogP contribution in [0.3, 0.4) is 0 Å². The number of methoxy groups -OCH3 is 2. The van der Waals surface area contributed by atoms with E-state index in [2.05, 4.69) is 5.32 Å². The molecular formula is C39H43NO16. The number of hydrogen-bond acceptors (Lipinski definition) is 17. The number of rotatable bonds is 6. The Hall–Kier alpha value is -4.59. The van der Waals surface area contributed by atoms with Crippen molar-refractivity contribution >= 4 is 29.1 Å². The summed E-state index contributed by atoms with van der Waals surface area (Å²) < 4.78 is 28.2. The van der Waals surface area contributed by atoms with Crippen LogP contribution in [0.2, 0.25) is 0 Å². The van der Waals surface area contributed by atoms with Crippen LogP contribution in [0.15, 0.2) is 23.9 Å². The Kier molecular flexibility index (Phi) is 9.77. The lowest BCUT2D eigenvalue weighted by molar-refractivity contribution is -0.289. The molecule has 7 rings (SSSR count). The number of ketones is 4. The topological polar surface area (TPSA) is 265 Å². The van der Waals surface area contributed by atoms with E-state index in [1.165, 1.54) is 13.0 Å². The van der Waals surface area contributed by atoms with Gasteiger partial charge in [0.15, 0.2) is 23.3 Å². The maximum absolute atomic E-state index is 14.7. The lowest BCUT2D eigenvalue weighted by atomic mass is 9.56. The molecule has 17 heteroatoms. The first-order chi connectivity index (χ1) is 26.3. The quantitative estimate of drug-likeness (QED) is 0.198. The van der Waals surface area contributed by atoms with Crippen LogP contribution in [0, 0.1) is 12.8 Å². The molecule has 17 nitrogen and oxygen atoms in total. The Morgan fingerprint density at radius 2 is 1.61 bits per heavy atom. The zero-order valence-electron chi connectivity index (χ0n) is 31.3.